The number of amides is 2. The Morgan fingerprint density at radius 1 is 1.25 bits per heavy atom. The smallest absolute Gasteiger partial charge is 0.317 e. The summed E-state index contributed by atoms with van der Waals surface area (Å²) in [4.78, 5) is 13.4. The molecule has 0 unspecified atom stereocenters. The molecule has 0 saturated carbocycles. The van der Waals surface area contributed by atoms with E-state index in [1.165, 1.54) is 17.0 Å². The average molecular weight is 351 g/mol. The number of nitrogens with zero attached hydrogens (tertiary/aromatic N) is 1. The molecule has 0 atom stereocenters. The van der Waals surface area contributed by atoms with E-state index in [1.807, 2.05) is 31.2 Å². The maximum Gasteiger partial charge on any atom is 0.317 e. The Kier molecular flexibility index (Phi) is 6.44. The lowest BCUT2D eigenvalue weighted by Gasteiger charge is -2.19. The summed E-state index contributed by atoms with van der Waals surface area (Å²) in [5, 5.41) is 3.02. The van der Waals surface area contributed by atoms with Crippen LogP contribution in [0.1, 0.15) is 11.1 Å². The molecule has 2 aromatic carbocycles. The van der Waals surface area contributed by atoms with Gasteiger partial charge in [0.05, 0.1) is 13.1 Å². The summed E-state index contributed by atoms with van der Waals surface area (Å²) in [5.41, 5.74) is 1.46. The van der Waals surface area contributed by atoms with Gasteiger partial charge in [0.25, 0.3) is 0 Å². The van der Waals surface area contributed by atoms with E-state index in [9.17, 15) is 9.18 Å². The van der Waals surface area contributed by atoms with Crippen molar-refractivity contribution in [3.05, 3.63) is 64.4 Å². The Bertz CT molecular complexity index is 672. The Morgan fingerprint density at radius 2 is 1.96 bits per heavy atom. The number of ether oxygens (including phenoxy) is 1. The summed E-state index contributed by atoms with van der Waals surface area (Å²) < 4.78 is 19.3. The molecule has 0 aliphatic carbocycles. The van der Waals surface area contributed by atoms with Crippen LogP contribution in [0.2, 0.25) is 5.02 Å². The van der Waals surface area contributed by atoms with Gasteiger partial charge in [-0.05, 0) is 31.2 Å². The number of hydrogen-bond acceptors (Lipinski definition) is 2. The van der Waals surface area contributed by atoms with Gasteiger partial charge in [-0.3, -0.25) is 0 Å². The Balaban J connectivity index is 1.76. The summed E-state index contributed by atoms with van der Waals surface area (Å²) in [6.45, 7) is 2.79. The Hall–Kier alpha value is -2.27. The first kappa shape index (κ1) is 18.1. The van der Waals surface area contributed by atoms with Gasteiger partial charge in [0.15, 0.2) is 0 Å². The normalized spacial score (nSPS) is 10.3. The largest absolute Gasteiger partial charge is 0.492 e. The molecule has 6 heteroatoms. The molecule has 24 heavy (non-hydrogen) atoms. The highest BCUT2D eigenvalue weighted by atomic mass is 35.5. The average Bonchev–Trinajstić information content (AvgIpc) is 2.56. The van der Waals surface area contributed by atoms with Crippen molar-refractivity contribution in [2.24, 2.45) is 0 Å². The minimum atomic E-state index is -0.426. The molecule has 0 heterocycles. The molecule has 4 nitrogen and oxygen atoms in total. The lowest BCUT2D eigenvalue weighted by molar-refractivity contribution is 0.203. The lowest BCUT2D eigenvalue weighted by atomic mass is 10.2. The van der Waals surface area contributed by atoms with Crippen LogP contribution in [0.4, 0.5) is 9.18 Å². The van der Waals surface area contributed by atoms with Gasteiger partial charge in [0.1, 0.15) is 18.2 Å². The van der Waals surface area contributed by atoms with Gasteiger partial charge < -0.3 is 15.0 Å². The van der Waals surface area contributed by atoms with Crippen molar-refractivity contribution in [3.63, 3.8) is 0 Å². The zero-order valence-electron chi connectivity index (χ0n) is 13.7. The molecule has 2 rings (SSSR count). The minimum absolute atomic E-state index is 0.0934. The summed E-state index contributed by atoms with van der Waals surface area (Å²) >= 11 is 5.97. The molecule has 0 saturated heterocycles. The van der Waals surface area contributed by atoms with Gasteiger partial charge in [-0.1, -0.05) is 35.4 Å². The molecular weight excluding hydrogens is 331 g/mol. The molecule has 0 aromatic heterocycles. The number of benzene rings is 2. The number of carbonyl (C=O) groups excluding carboxylic acids is 1. The molecule has 1 N–H and O–H groups in total. The van der Waals surface area contributed by atoms with E-state index in [0.29, 0.717) is 23.7 Å². The molecular formula is C18H20ClFN2O2. The van der Waals surface area contributed by atoms with Crippen LogP contribution < -0.4 is 10.1 Å². The van der Waals surface area contributed by atoms with Crippen LogP contribution in [0.5, 0.6) is 5.75 Å². The van der Waals surface area contributed by atoms with Crippen molar-refractivity contribution in [1.29, 1.82) is 0 Å². The SMILES string of the molecule is Cc1ccc(OCCNC(=O)N(C)Cc2c(F)cccc2Cl)cc1. The first-order valence-electron chi connectivity index (χ1n) is 7.58. The van der Waals surface area contributed by atoms with E-state index >= 15 is 0 Å². The van der Waals surface area contributed by atoms with Gasteiger partial charge in [-0.15, -0.1) is 0 Å². The predicted molar refractivity (Wildman–Crippen MR) is 92.9 cm³/mol. The van der Waals surface area contributed by atoms with Gasteiger partial charge in [0, 0.05) is 17.6 Å². The van der Waals surface area contributed by atoms with Crippen molar-refractivity contribution in [3.8, 4) is 5.75 Å². The van der Waals surface area contributed by atoms with E-state index in [2.05, 4.69) is 5.32 Å². The van der Waals surface area contributed by atoms with Gasteiger partial charge >= 0.3 is 6.03 Å². The minimum Gasteiger partial charge on any atom is -0.492 e. The third-order valence-corrected chi connectivity index (χ3v) is 3.83. The van der Waals surface area contributed by atoms with Gasteiger partial charge in [0.2, 0.25) is 0 Å². The van der Waals surface area contributed by atoms with Crippen molar-refractivity contribution in [1.82, 2.24) is 10.2 Å². The van der Waals surface area contributed by atoms with Gasteiger partial charge in [-0.2, -0.15) is 0 Å². The van der Waals surface area contributed by atoms with Crippen molar-refractivity contribution in [2.45, 2.75) is 13.5 Å². The zero-order chi connectivity index (χ0) is 17.5. The number of rotatable bonds is 6. The Morgan fingerprint density at radius 3 is 2.62 bits per heavy atom. The zero-order valence-corrected chi connectivity index (χ0v) is 14.4. The van der Waals surface area contributed by atoms with Crippen LogP contribution in [-0.4, -0.2) is 31.1 Å². The summed E-state index contributed by atoms with van der Waals surface area (Å²) in [7, 11) is 1.58. The third kappa shape index (κ3) is 5.13. The fraction of sp³-hybridized carbons (Fsp3) is 0.278. The fourth-order valence-corrected chi connectivity index (χ4v) is 2.31. The van der Waals surface area contributed by atoms with Crippen LogP contribution in [0.15, 0.2) is 42.5 Å². The van der Waals surface area contributed by atoms with Crippen molar-refractivity contribution >= 4 is 17.6 Å². The fourth-order valence-electron chi connectivity index (χ4n) is 2.09. The van der Waals surface area contributed by atoms with E-state index in [-0.39, 0.29) is 12.6 Å². The molecule has 2 aromatic rings. The van der Waals surface area contributed by atoms with E-state index in [0.717, 1.165) is 11.3 Å². The monoisotopic (exact) mass is 350 g/mol. The summed E-state index contributed by atoms with van der Waals surface area (Å²) in [6, 6.07) is 11.8. The molecule has 0 radical (unpaired) electrons. The van der Waals surface area contributed by atoms with Crippen molar-refractivity contribution < 1.29 is 13.9 Å². The van der Waals surface area contributed by atoms with E-state index < -0.39 is 5.82 Å². The second kappa shape index (κ2) is 8.55. The van der Waals surface area contributed by atoms with Crippen LogP contribution in [0.25, 0.3) is 0 Å². The predicted octanol–water partition coefficient (Wildman–Crippen LogP) is 4.01. The number of urea groups is 1. The number of carbonyl (C=O) groups is 1. The second-order valence-corrected chi connectivity index (χ2v) is 5.86. The molecule has 0 bridgehead atoms. The highest BCUT2D eigenvalue weighted by Gasteiger charge is 2.13. The molecule has 0 spiro atoms. The Labute approximate surface area is 146 Å². The highest BCUT2D eigenvalue weighted by Crippen LogP contribution is 2.20. The maximum absolute atomic E-state index is 13.7. The second-order valence-electron chi connectivity index (χ2n) is 5.45. The summed E-state index contributed by atoms with van der Waals surface area (Å²) in [5.74, 6) is 0.325. The van der Waals surface area contributed by atoms with Gasteiger partial charge in [-0.25, -0.2) is 9.18 Å². The standard InChI is InChI=1S/C18H20ClFN2O2/c1-13-6-8-14(9-7-13)24-11-10-21-18(23)22(2)12-15-16(19)4-3-5-17(15)20/h3-9H,10-12H2,1-2H3,(H,21,23). The highest BCUT2D eigenvalue weighted by molar-refractivity contribution is 6.31. The first-order valence-corrected chi connectivity index (χ1v) is 7.96. The van der Waals surface area contributed by atoms with Crippen molar-refractivity contribution in [2.75, 3.05) is 20.2 Å². The molecule has 2 amide bonds. The number of aryl methyl sites for hydroxylation is 1. The molecule has 128 valence electrons. The van der Waals surface area contributed by atoms with Crippen LogP contribution in [0, 0.1) is 12.7 Å². The molecule has 0 fully saturated rings. The van der Waals surface area contributed by atoms with Crippen LogP contribution in [-0.2, 0) is 6.54 Å². The molecule has 0 aliphatic rings. The molecule has 0 aliphatic heterocycles. The third-order valence-electron chi connectivity index (χ3n) is 3.47. The topological polar surface area (TPSA) is 41.6 Å². The van der Waals surface area contributed by atoms with E-state index in [4.69, 9.17) is 16.3 Å². The summed E-state index contributed by atoms with van der Waals surface area (Å²) in [6.07, 6.45) is 0. The first-order chi connectivity index (χ1) is 11.5. The number of hydrogen-bond donors (Lipinski definition) is 1. The lowest BCUT2D eigenvalue weighted by Crippen LogP contribution is -2.38. The van der Waals surface area contributed by atoms with Crippen LogP contribution >= 0.6 is 11.6 Å². The van der Waals surface area contributed by atoms with E-state index in [1.54, 1.807) is 13.1 Å². The maximum atomic E-state index is 13.7. The quantitative estimate of drug-likeness (QED) is 0.800. The van der Waals surface area contributed by atoms with Crippen LogP contribution in [0.3, 0.4) is 0 Å². The number of halogens is 2. The number of nitrogens with one attached hydrogen (secondary N) is 1.